The van der Waals surface area contributed by atoms with E-state index in [0.717, 1.165) is 6.54 Å². The van der Waals surface area contributed by atoms with Crippen LogP contribution in [0, 0.1) is 0 Å². The van der Waals surface area contributed by atoms with E-state index in [1.54, 1.807) is 0 Å². The zero-order valence-electron chi connectivity index (χ0n) is 10.5. The Kier molecular flexibility index (Phi) is 2.21. The lowest BCUT2D eigenvalue weighted by Crippen LogP contribution is -2.31. The first kappa shape index (κ1) is 10.4. The standard InChI is InChI=1S/C17H13N2/c1-2-9-19-12-15-7-6-13(10-16(15)17(19)5-1)14-4-3-8-18-11-14/h1-11H,12H2/q+1. The van der Waals surface area contributed by atoms with Crippen molar-refractivity contribution in [3.8, 4) is 22.4 Å². The van der Waals surface area contributed by atoms with E-state index in [1.165, 1.54) is 27.9 Å². The summed E-state index contributed by atoms with van der Waals surface area (Å²) in [6.07, 6.45) is 5.86. The number of benzene rings is 1. The molecule has 0 aliphatic carbocycles. The van der Waals surface area contributed by atoms with Crippen molar-refractivity contribution >= 4 is 0 Å². The van der Waals surface area contributed by atoms with E-state index in [-0.39, 0.29) is 0 Å². The maximum absolute atomic E-state index is 4.19. The molecule has 0 spiro atoms. The van der Waals surface area contributed by atoms with Crippen LogP contribution in [0.2, 0.25) is 0 Å². The lowest BCUT2D eigenvalue weighted by molar-refractivity contribution is -0.672. The minimum atomic E-state index is 0.971. The van der Waals surface area contributed by atoms with Gasteiger partial charge in [0, 0.05) is 35.7 Å². The predicted octanol–water partition coefficient (Wildman–Crippen LogP) is 3.06. The molecule has 2 nitrogen and oxygen atoms in total. The molecule has 1 aromatic carbocycles. The number of aromatic nitrogens is 2. The fourth-order valence-electron chi connectivity index (χ4n) is 2.71. The quantitative estimate of drug-likeness (QED) is 0.471. The number of rotatable bonds is 1. The average molecular weight is 245 g/mol. The van der Waals surface area contributed by atoms with Crippen LogP contribution in [0.15, 0.2) is 67.1 Å². The fraction of sp³-hybridized carbons (Fsp3) is 0.0588. The molecule has 0 saturated heterocycles. The number of hydrogen-bond acceptors (Lipinski definition) is 1. The van der Waals surface area contributed by atoms with Gasteiger partial charge in [-0.3, -0.25) is 4.98 Å². The summed E-state index contributed by atoms with van der Waals surface area (Å²) in [7, 11) is 0. The second-order valence-corrected chi connectivity index (χ2v) is 4.83. The van der Waals surface area contributed by atoms with Crippen LogP contribution in [0.5, 0.6) is 0 Å². The van der Waals surface area contributed by atoms with Crippen molar-refractivity contribution in [1.82, 2.24) is 4.98 Å². The number of fused-ring (bicyclic) bond motifs is 3. The van der Waals surface area contributed by atoms with Gasteiger partial charge in [0.1, 0.15) is 0 Å². The molecule has 1 aliphatic heterocycles. The first-order chi connectivity index (χ1) is 9.42. The highest BCUT2D eigenvalue weighted by molar-refractivity contribution is 5.73. The first-order valence-corrected chi connectivity index (χ1v) is 6.44. The molecule has 1 aliphatic rings. The minimum Gasteiger partial charge on any atom is -0.264 e. The van der Waals surface area contributed by atoms with Crippen LogP contribution in [-0.4, -0.2) is 4.98 Å². The largest absolute Gasteiger partial charge is 0.264 e. The molecule has 0 fully saturated rings. The van der Waals surface area contributed by atoms with E-state index >= 15 is 0 Å². The van der Waals surface area contributed by atoms with E-state index in [1.807, 2.05) is 18.5 Å². The van der Waals surface area contributed by atoms with Crippen molar-refractivity contribution in [3.63, 3.8) is 0 Å². The maximum Gasteiger partial charge on any atom is 0.213 e. The van der Waals surface area contributed by atoms with Gasteiger partial charge in [-0.1, -0.05) is 18.2 Å². The minimum absolute atomic E-state index is 0.971. The van der Waals surface area contributed by atoms with Gasteiger partial charge in [-0.2, -0.15) is 4.57 Å². The van der Waals surface area contributed by atoms with Crippen molar-refractivity contribution in [3.05, 3.63) is 72.7 Å². The van der Waals surface area contributed by atoms with Crippen molar-refractivity contribution in [2.75, 3.05) is 0 Å². The smallest absolute Gasteiger partial charge is 0.213 e. The normalized spacial score (nSPS) is 12.0. The lowest BCUT2D eigenvalue weighted by Gasteiger charge is -2.02. The Hall–Kier alpha value is -2.48. The van der Waals surface area contributed by atoms with Gasteiger partial charge in [0.2, 0.25) is 5.69 Å². The molecular weight excluding hydrogens is 232 g/mol. The lowest BCUT2D eigenvalue weighted by atomic mass is 10.00. The van der Waals surface area contributed by atoms with Crippen molar-refractivity contribution < 1.29 is 4.57 Å². The highest BCUT2D eigenvalue weighted by Gasteiger charge is 2.25. The molecule has 0 N–H and O–H groups in total. The first-order valence-electron chi connectivity index (χ1n) is 6.44. The Morgan fingerprint density at radius 1 is 0.947 bits per heavy atom. The average Bonchev–Trinajstić information content (AvgIpc) is 2.86. The Balaban J connectivity index is 1.89. The third kappa shape index (κ3) is 1.65. The van der Waals surface area contributed by atoms with Gasteiger partial charge in [0.25, 0.3) is 0 Å². The zero-order valence-corrected chi connectivity index (χ0v) is 10.5. The second-order valence-electron chi connectivity index (χ2n) is 4.83. The molecule has 19 heavy (non-hydrogen) atoms. The molecule has 0 bridgehead atoms. The Labute approximate surface area is 112 Å². The summed E-state index contributed by atoms with van der Waals surface area (Å²) in [5, 5.41) is 0. The third-order valence-corrected chi connectivity index (χ3v) is 3.66. The Morgan fingerprint density at radius 2 is 1.95 bits per heavy atom. The molecule has 0 amide bonds. The summed E-state index contributed by atoms with van der Waals surface area (Å²) in [5.74, 6) is 0. The molecule has 4 rings (SSSR count). The SMILES string of the molecule is c1cncc(-c2ccc3c(c2)-c2cccc[n+]2C3)c1. The van der Waals surface area contributed by atoms with Gasteiger partial charge in [-0.15, -0.1) is 0 Å². The van der Waals surface area contributed by atoms with Crippen LogP contribution in [0.3, 0.4) is 0 Å². The molecule has 0 atom stereocenters. The predicted molar refractivity (Wildman–Crippen MR) is 74.4 cm³/mol. The zero-order chi connectivity index (χ0) is 12.7. The van der Waals surface area contributed by atoms with E-state index in [0.29, 0.717) is 0 Å². The van der Waals surface area contributed by atoms with Gasteiger partial charge in [-0.25, -0.2) is 0 Å². The van der Waals surface area contributed by atoms with E-state index in [2.05, 4.69) is 58.2 Å². The highest BCUT2D eigenvalue weighted by atomic mass is 15.0. The van der Waals surface area contributed by atoms with Crippen molar-refractivity contribution in [1.29, 1.82) is 0 Å². The summed E-state index contributed by atoms with van der Waals surface area (Å²) in [4.78, 5) is 4.19. The molecule has 0 saturated carbocycles. The summed E-state index contributed by atoms with van der Waals surface area (Å²) in [6.45, 7) is 0.971. The Morgan fingerprint density at radius 3 is 2.84 bits per heavy atom. The number of nitrogens with zero attached hydrogens (tertiary/aromatic N) is 2. The third-order valence-electron chi connectivity index (χ3n) is 3.66. The maximum atomic E-state index is 4.19. The van der Waals surface area contributed by atoms with Crippen LogP contribution in [-0.2, 0) is 6.54 Å². The molecule has 0 radical (unpaired) electrons. The van der Waals surface area contributed by atoms with Crippen molar-refractivity contribution in [2.45, 2.75) is 6.54 Å². The molecule has 2 heteroatoms. The van der Waals surface area contributed by atoms with Gasteiger partial charge in [-0.05, 0) is 23.8 Å². The van der Waals surface area contributed by atoms with E-state index in [4.69, 9.17) is 0 Å². The second kappa shape index (κ2) is 4.02. The molecule has 0 unspecified atom stereocenters. The summed E-state index contributed by atoms with van der Waals surface area (Å²) in [6, 6.07) is 17.1. The van der Waals surface area contributed by atoms with E-state index in [9.17, 15) is 0 Å². The monoisotopic (exact) mass is 245 g/mol. The number of pyridine rings is 2. The van der Waals surface area contributed by atoms with Gasteiger partial charge in [0.15, 0.2) is 12.7 Å². The number of hydrogen-bond donors (Lipinski definition) is 0. The van der Waals surface area contributed by atoms with E-state index < -0.39 is 0 Å². The fourth-order valence-corrected chi connectivity index (χ4v) is 2.71. The summed E-state index contributed by atoms with van der Waals surface area (Å²) in [5.41, 5.74) is 6.41. The van der Waals surface area contributed by atoms with Crippen LogP contribution in [0.4, 0.5) is 0 Å². The summed E-state index contributed by atoms with van der Waals surface area (Å²) < 4.78 is 2.29. The molecule has 3 aromatic rings. The van der Waals surface area contributed by atoms with Crippen LogP contribution >= 0.6 is 0 Å². The van der Waals surface area contributed by atoms with Crippen molar-refractivity contribution in [2.24, 2.45) is 0 Å². The topological polar surface area (TPSA) is 16.8 Å². The molecule has 2 aromatic heterocycles. The van der Waals surface area contributed by atoms with Gasteiger partial charge >= 0.3 is 0 Å². The van der Waals surface area contributed by atoms with Gasteiger partial charge < -0.3 is 0 Å². The Bertz CT molecular complexity index is 748. The van der Waals surface area contributed by atoms with Crippen LogP contribution < -0.4 is 4.57 Å². The molecule has 3 heterocycles. The molecular formula is C17H13N2+. The van der Waals surface area contributed by atoms with Crippen LogP contribution in [0.1, 0.15) is 5.56 Å². The highest BCUT2D eigenvalue weighted by Crippen LogP contribution is 2.30. The van der Waals surface area contributed by atoms with Crippen LogP contribution in [0.25, 0.3) is 22.4 Å². The van der Waals surface area contributed by atoms with Gasteiger partial charge in [0.05, 0.1) is 5.56 Å². The molecule has 90 valence electrons. The summed E-state index contributed by atoms with van der Waals surface area (Å²) >= 11 is 0.